The zero-order valence-corrected chi connectivity index (χ0v) is 15.5. The minimum Gasteiger partial charge on any atom is -0.462 e. The summed E-state index contributed by atoms with van der Waals surface area (Å²) in [5.41, 5.74) is 9.87. The molecule has 0 amide bonds. The fraction of sp³-hybridized carbons (Fsp3) is 0.588. The van der Waals surface area contributed by atoms with Crippen LogP contribution in [0.1, 0.15) is 33.6 Å². The van der Waals surface area contributed by atoms with Gasteiger partial charge >= 0.3 is 5.97 Å². The van der Waals surface area contributed by atoms with Crippen LogP contribution < -0.4 is 17.0 Å². The molecule has 0 aliphatic carbocycles. The molecule has 3 rings (SSSR count). The third kappa shape index (κ3) is 3.54. The van der Waals surface area contributed by atoms with Crippen LogP contribution in [-0.2, 0) is 20.0 Å². The number of carbonyl (C=O) groups is 1. The Morgan fingerprint density at radius 3 is 2.96 bits per heavy atom. The van der Waals surface area contributed by atoms with Gasteiger partial charge in [0.1, 0.15) is 23.8 Å². The number of aromatic amines is 1. The van der Waals surface area contributed by atoms with E-state index >= 15 is 0 Å². The molecule has 3 heterocycles. The highest BCUT2D eigenvalue weighted by Gasteiger charge is 2.40. The van der Waals surface area contributed by atoms with Gasteiger partial charge in [-0.25, -0.2) is 4.39 Å². The van der Waals surface area contributed by atoms with Crippen LogP contribution >= 0.6 is 0 Å². The van der Waals surface area contributed by atoms with Gasteiger partial charge in [-0.05, 0) is 25.7 Å². The number of hydrogen-bond acceptors (Lipinski definition) is 7. The monoisotopic (exact) mass is 381 g/mol. The van der Waals surface area contributed by atoms with Crippen molar-refractivity contribution in [1.82, 2.24) is 14.5 Å². The standard InChI is InChI=1S/C17H24FN5O4/c1-8(2)12(19)15(25)26-7-9-4-5-17(3,27-9)23-6-10(18)11-13(23)21-16(20)22-14(11)24/h6,8-9,12H,4-5,7,19H2,1-3H3,(H3,20,21,22,24)/t9?,12?,17-/m1/s1. The van der Waals surface area contributed by atoms with Crippen LogP contribution in [-0.4, -0.2) is 39.3 Å². The summed E-state index contributed by atoms with van der Waals surface area (Å²) >= 11 is 0. The van der Waals surface area contributed by atoms with Gasteiger partial charge in [-0.2, -0.15) is 4.98 Å². The highest BCUT2D eigenvalue weighted by molar-refractivity contribution is 5.77. The van der Waals surface area contributed by atoms with Crippen molar-refractivity contribution in [3.05, 3.63) is 22.4 Å². The number of carbonyl (C=O) groups excluding carboxylic acids is 1. The second-order valence-electron chi connectivity index (χ2n) is 7.35. The first-order chi connectivity index (χ1) is 12.6. The first-order valence-electron chi connectivity index (χ1n) is 8.79. The number of anilines is 1. The summed E-state index contributed by atoms with van der Waals surface area (Å²) in [4.78, 5) is 30.2. The van der Waals surface area contributed by atoms with E-state index in [0.717, 1.165) is 0 Å². The predicted octanol–water partition coefficient (Wildman–Crippen LogP) is 0.824. The number of nitrogens with two attached hydrogens (primary N) is 2. The number of nitrogens with zero attached hydrogens (tertiary/aromatic N) is 2. The van der Waals surface area contributed by atoms with Gasteiger partial charge in [0, 0.05) is 6.20 Å². The van der Waals surface area contributed by atoms with E-state index < -0.39 is 29.1 Å². The maximum Gasteiger partial charge on any atom is 0.323 e. The van der Waals surface area contributed by atoms with Crippen molar-refractivity contribution in [1.29, 1.82) is 0 Å². The molecule has 1 aliphatic rings. The van der Waals surface area contributed by atoms with Crippen molar-refractivity contribution in [3.63, 3.8) is 0 Å². The number of aromatic nitrogens is 3. The molecule has 1 fully saturated rings. The summed E-state index contributed by atoms with van der Waals surface area (Å²) < 4.78 is 27.0. The molecule has 1 aliphatic heterocycles. The zero-order chi connectivity index (χ0) is 19.9. The van der Waals surface area contributed by atoms with Crippen LogP contribution in [0.2, 0.25) is 0 Å². The molecule has 0 spiro atoms. The molecule has 10 heteroatoms. The van der Waals surface area contributed by atoms with Crippen molar-refractivity contribution in [2.75, 3.05) is 12.3 Å². The van der Waals surface area contributed by atoms with Gasteiger partial charge in [-0.1, -0.05) is 13.8 Å². The smallest absolute Gasteiger partial charge is 0.323 e. The molecule has 1 saturated heterocycles. The highest BCUT2D eigenvalue weighted by atomic mass is 19.1. The number of halogens is 1. The maximum absolute atomic E-state index is 14.3. The maximum atomic E-state index is 14.3. The van der Waals surface area contributed by atoms with E-state index in [1.54, 1.807) is 6.92 Å². The Balaban J connectivity index is 1.78. The number of nitrogen functional groups attached to an aromatic ring is 1. The average Bonchev–Trinajstić information content (AvgIpc) is 3.13. The number of esters is 1. The lowest BCUT2D eigenvalue weighted by molar-refractivity contribution is -0.155. The van der Waals surface area contributed by atoms with E-state index in [0.29, 0.717) is 12.8 Å². The molecule has 0 bridgehead atoms. The quantitative estimate of drug-likeness (QED) is 0.652. The largest absolute Gasteiger partial charge is 0.462 e. The second-order valence-corrected chi connectivity index (χ2v) is 7.35. The lowest BCUT2D eigenvalue weighted by Gasteiger charge is -2.27. The van der Waals surface area contributed by atoms with Crippen LogP contribution in [0.4, 0.5) is 10.3 Å². The van der Waals surface area contributed by atoms with Crippen LogP contribution in [0, 0.1) is 11.7 Å². The van der Waals surface area contributed by atoms with Crippen LogP contribution in [0.25, 0.3) is 11.0 Å². The van der Waals surface area contributed by atoms with Crippen LogP contribution in [0.3, 0.4) is 0 Å². The van der Waals surface area contributed by atoms with E-state index in [4.69, 9.17) is 20.9 Å². The Morgan fingerprint density at radius 2 is 2.30 bits per heavy atom. The van der Waals surface area contributed by atoms with Crippen LogP contribution in [0.15, 0.2) is 11.0 Å². The van der Waals surface area contributed by atoms with E-state index in [1.807, 2.05) is 13.8 Å². The molecule has 0 aromatic carbocycles. The van der Waals surface area contributed by atoms with Crippen molar-refractivity contribution >= 4 is 23.0 Å². The second kappa shape index (κ2) is 6.93. The third-order valence-corrected chi connectivity index (χ3v) is 4.89. The van der Waals surface area contributed by atoms with Gasteiger partial charge in [-0.3, -0.25) is 14.6 Å². The molecule has 2 unspecified atom stereocenters. The normalized spacial score (nSPS) is 23.9. The first kappa shape index (κ1) is 19.3. The minimum absolute atomic E-state index is 0.0314. The molecule has 5 N–H and O–H groups in total. The number of H-pyrrole nitrogens is 1. The summed E-state index contributed by atoms with van der Waals surface area (Å²) in [5, 5.41) is -0.174. The summed E-state index contributed by atoms with van der Waals surface area (Å²) in [6.45, 7) is 5.47. The first-order valence-corrected chi connectivity index (χ1v) is 8.79. The van der Waals surface area contributed by atoms with Gasteiger partial charge < -0.3 is 25.5 Å². The van der Waals surface area contributed by atoms with Crippen molar-refractivity contribution < 1.29 is 18.7 Å². The lowest BCUT2D eigenvalue weighted by atomic mass is 10.1. The van der Waals surface area contributed by atoms with Crippen molar-refractivity contribution in [2.24, 2.45) is 11.7 Å². The highest BCUT2D eigenvalue weighted by Crippen LogP contribution is 2.37. The predicted molar refractivity (Wildman–Crippen MR) is 96.3 cm³/mol. The van der Waals surface area contributed by atoms with Gasteiger partial charge in [0.2, 0.25) is 5.95 Å². The van der Waals surface area contributed by atoms with Gasteiger partial charge in [0.15, 0.2) is 11.5 Å². The molecule has 2 aromatic heterocycles. The number of fused-ring (bicyclic) bond motifs is 1. The molecular formula is C17H24FN5O4. The lowest BCUT2D eigenvalue weighted by Crippen LogP contribution is -2.38. The SMILES string of the molecule is CC(C)C(N)C(=O)OCC1CC[C@](C)(n2cc(F)c3c(=O)[nH]c(N)nc32)O1. The average molecular weight is 381 g/mol. The Hall–Kier alpha value is -2.46. The number of nitrogens with one attached hydrogen (secondary N) is 1. The van der Waals surface area contributed by atoms with Gasteiger partial charge in [0.05, 0.1) is 6.10 Å². The fourth-order valence-corrected chi connectivity index (χ4v) is 3.21. The molecule has 0 radical (unpaired) electrons. The molecule has 27 heavy (non-hydrogen) atoms. The number of ether oxygens (including phenoxy) is 2. The molecular weight excluding hydrogens is 357 g/mol. The van der Waals surface area contributed by atoms with Gasteiger partial charge in [-0.15, -0.1) is 0 Å². The van der Waals surface area contributed by atoms with Crippen molar-refractivity contribution in [2.45, 2.75) is 51.5 Å². The van der Waals surface area contributed by atoms with E-state index in [-0.39, 0.29) is 35.6 Å². The molecule has 3 atom stereocenters. The van der Waals surface area contributed by atoms with E-state index in [2.05, 4.69) is 9.97 Å². The molecule has 148 valence electrons. The number of hydrogen-bond donors (Lipinski definition) is 3. The summed E-state index contributed by atoms with van der Waals surface area (Å²) in [7, 11) is 0. The molecule has 9 nitrogen and oxygen atoms in total. The topological polar surface area (TPSA) is 138 Å². The van der Waals surface area contributed by atoms with Gasteiger partial charge in [0.25, 0.3) is 5.56 Å². The van der Waals surface area contributed by atoms with Crippen molar-refractivity contribution in [3.8, 4) is 0 Å². The molecule has 2 aromatic rings. The van der Waals surface area contributed by atoms with E-state index in [9.17, 15) is 14.0 Å². The Bertz CT molecular complexity index is 924. The Morgan fingerprint density at radius 1 is 1.59 bits per heavy atom. The number of rotatable bonds is 5. The summed E-state index contributed by atoms with van der Waals surface area (Å²) in [5.74, 6) is -1.33. The third-order valence-electron chi connectivity index (χ3n) is 4.89. The summed E-state index contributed by atoms with van der Waals surface area (Å²) in [6, 6.07) is -0.695. The fourth-order valence-electron chi connectivity index (χ4n) is 3.21. The Labute approximate surface area is 154 Å². The Kier molecular flexibility index (Phi) is 4.96. The van der Waals surface area contributed by atoms with E-state index in [1.165, 1.54) is 10.8 Å². The minimum atomic E-state index is -0.951. The zero-order valence-electron chi connectivity index (χ0n) is 15.5. The van der Waals surface area contributed by atoms with Crippen LogP contribution in [0.5, 0.6) is 0 Å². The molecule has 0 saturated carbocycles. The summed E-state index contributed by atoms with van der Waals surface area (Å²) in [6.07, 6.45) is 1.90.